The zero-order valence-electron chi connectivity index (χ0n) is 17.3. The summed E-state index contributed by atoms with van der Waals surface area (Å²) >= 11 is 0. The third kappa shape index (κ3) is 3.64. The summed E-state index contributed by atoms with van der Waals surface area (Å²) in [6.07, 6.45) is 6.82. The molecule has 0 N–H and O–H groups in total. The van der Waals surface area contributed by atoms with Gasteiger partial charge in [-0.15, -0.1) is 10.2 Å². The van der Waals surface area contributed by atoms with Crippen molar-refractivity contribution in [1.29, 1.82) is 0 Å². The van der Waals surface area contributed by atoms with Crippen LogP contribution in [0.15, 0.2) is 24.4 Å². The quantitative estimate of drug-likeness (QED) is 0.676. The Morgan fingerprint density at radius 2 is 1.66 bits per heavy atom. The van der Waals surface area contributed by atoms with E-state index in [2.05, 4.69) is 36.8 Å². The van der Waals surface area contributed by atoms with Crippen LogP contribution in [0.1, 0.15) is 35.5 Å². The number of piperazine rings is 1. The second-order valence-corrected chi connectivity index (χ2v) is 8.12. The number of hydrogen-bond donors (Lipinski definition) is 0. The molecule has 1 saturated heterocycles. The Hall–Kier alpha value is -2.74. The molecule has 0 bridgehead atoms. The van der Waals surface area contributed by atoms with E-state index in [1.807, 2.05) is 31.3 Å². The van der Waals surface area contributed by atoms with Crippen molar-refractivity contribution < 1.29 is 0 Å². The lowest BCUT2D eigenvalue weighted by atomic mass is 9.95. The average molecular weight is 393 g/mol. The van der Waals surface area contributed by atoms with E-state index in [1.165, 1.54) is 36.2 Å². The Labute approximate surface area is 171 Å². The van der Waals surface area contributed by atoms with E-state index in [0.29, 0.717) is 0 Å². The summed E-state index contributed by atoms with van der Waals surface area (Å²) in [5.41, 5.74) is 5.22. The van der Waals surface area contributed by atoms with E-state index in [9.17, 15) is 0 Å². The van der Waals surface area contributed by atoms with Gasteiger partial charge in [0, 0.05) is 46.0 Å². The standard InChI is InChI=1S/C21H28N8/c1-16-9-10-29(24-16)21-8-7-20(22-23-21)28-13-11-27(12-14-28)15-19-17-5-3-4-6-18(17)25-26(19)2/h7-10H,3-6,11-15H2,1-2H3. The molecule has 8 nitrogen and oxygen atoms in total. The highest BCUT2D eigenvalue weighted by Gasteiger charge is 2.23. The minimum absolute atomic E-state index is 0.751. The second-order valence-electron chi connectivity index (χ2n) is 8.12. The number of aromatic nitrogens is 6. The second kappa shape index (κ2) is 7.59. The van der Waals surface area contributed by atoms with Gasteiger partial charge >= 0.3 is 0 Å². The molecule has 0 unspecified atom stereocenters. The van der Waals surface area contributed by atoms with Crippen LogP contribution in [0.2, 0.25) is 0 Å². The summed E-state index contributed by atoms with van der Waals surface area (Å²) in [4.78, 5) is 4.86. The third-order valence-electron chi connectivity index (χ3n) is 6.11. The molecule has 0 aromatic carbocycles. The fraction of sp³-hybridized carbons (Fsp3) is 0.524. The van der Waals surface area contributed by atoms with Gasteiger partial charge in [0.15, 0.2) is 11.6 Å². The number of aryl methyl sites for hydroxylation is 3. The van der Waals surface area contributed by atoms with Crippen molar-refractivity contribution in [1.82, 2.24) is 34.7 Å². The molecule has 5 rings (SSSR count). The molecule has 0 radical (unpaired) electrons. The van der Waals surface area contributed by atoms with Gasteiger partial charge < -0.3 is 4.90 Å². The van der Waals surface area contributed by atoms with Crippen LogP contribution < -0.4 is 4.90 Å². The lowest BCUT2D eigenvalue weighted by molar-refractivity contribution is 0.242. The maximum atomic E-state index is 4.77. The highest BCUT2D eigenvalue weighted by atomic mass is 15.4. The van der Waals surface area contributed by atoms with E-state index >= 15 is 0 Å². The van der Waals surface area contributed by atoms with Gasteiger partial charge in [0.05, 0.1) is 17.1 Å². The third-order valence-corrected chi connectivity index (χ3v) is 6.11. The summed E-state index contributed by atoms with van der Waals surface area (Å²) in [5, 5.41) is 18.0. The highest BCUT2D eigenvalue weighted by molar-refractivity contribution is 5.40. The van der Waals surface area contributed by atoms with Crippen LogP contribution in [0.25, 0.3) is 5.82 Å². The Kier molecular flexibility index (Phi) is 4.79. The first-order valence-corrected chi connectivity index (χ1v) is 10.5. The van der Waals surface area contributed by atoms with Crippen LogP contribution in [0.3, 0.4) is 0 Å². The lowest BCUT2D eigenvalue weighted by Gasteiger charge is -2.35. The SMILES string of the molecule is Cc1ccn(-c2ccc(N3CCN(Cc4c5c(nn4C)CCCC5)CC3)nn2)n1. The van der Waals surface area contributed by atoms with Crippen molar-refractivity contribution in [2.45, 2.75) is 39.2 Å². The van der Waals surface area contributed by atoms with Crippen LogP contribution in [-0.4, -0.2) is 60.8 Å². The van der Waals surface area contributed by atoms with Gasteiger partial charge in [-0.3, -0.25) is 9.58 Å². The topological polar surface area (TPSA) is 67.9 Å². The molecule has 152 valence electrons. The van der Waals surface area contributed by atoms with Crippen molar-refractivity contribution in [3.63, 3.8) is 0 Å². The van der Waals surface area contributed by atoms with Crippen LogP contribution in [-0.2, 0) is 26.4 Å². The number of rotatable bonds is 4. The predicted octanol–water partition coefficient (Wildman–Crippen LogP) is 1.91. The van der Waals surface area contributed by atoms with Crippen molar-refractivity contribution >= 4 is 5.82 Å². The molecule has 0 amide bonds. The first-order valence-electron chi connectivity index (χ1n) is 10.5. The average Bonchev–Trinajstić information content (AvgIpc) is 3.32. The van der Waals surface area contributed by atoms with Crippen LogP contribution in [0, 0.1) is 6.92 Å². The van der Waals surface area contributed by atoms with Crippen molar-refractivity contribution in [2.24, 2.45) is 7.05 Å². The highest BCUT2D eigenvalue weighted by Crippen LogP contribution is 2.25. The van der Waals surface area contributed by atoms with Gasteiger partial charge in [0.1, 0.15) is 0 Å². The number of fused-ring (bicyclic) bond motifs is 1. The first kappa shape index (κ1) is 18.3. The minimum Gasteiger partial charge on any atom is -0.353 e. The molecule has 1 aliphatic heterocycles. The van der Waals surface area contributed by atoms with Gasteiger partial charge in [0.25, 0.3) is 0 Å². The number of nitrogens with zero attached hydrogens (tertiary/aromatic N) is 8. The molecule has 2 aliphatic rings. The van der Waals surface area contributed by atoms with Gasteiger partial charge in [-0.05, 0) is 56.4 Å². The van der Waals surface area contributed by atoms with E-state index in [1.54, 1.807) is 4.68 Å². The summed E-state index contributed by atoms with van der Waals surface area (Å²) < 4.78 is 3.88. The lowest BCUT2D eigenvalue weighted by Crippen LogP contribution is -2.46. The van der Waals surface area contributed by atoms with E-state index < -0.39 is 0 Å². The summed E-state index contributed by atoms with van der Waals surface area (Å²) in [7, 11) is 2.10. The normalized spacial score (nSPS) is 17.5. The number of anilines is 1. The molecule has 3 aromatic rings. The molecule has 3 aromatic heterocycles. The van der Waals surface area contributed by atoms with Gasteiger partial charge in [-0.2, -0.15) is 10.2 Å². The monoisotopic (exact) mass is 392 g/mol. The van der Waals surface area contributed by atoms with Gasteiger partial charge in [0.2, 0.25) is 0 Å². The smallest absolute Gasteiger partial charge is 0.175 e. The summed E-state index contributed by atoms with van der Waals surface area (Å²) in [6, 6.07) is 6.00. The number of hydrogen-bond acceptors (Lipinski definition) is 6. The maximum absolute atomic E-state index is 4.77. The molecule has 29 heavy (non-hydrogen) atoms. The molecule has 0 saturated carbocycles. The summed E-state index contributed by atoms with van der Waals surface area (Å²) in [5.74, 6) is 1.69. The molecular weight excluding hydrogens is 364 g/mol. The van der Waals surface area contributed by atoms with E-state index in [0.717, 1.165) is 56.5 Å². The zero-order valence-corrected chi connectivity index (χ0v) is 17.3. The van der Waals surface area contributed by atoms with Crippen molar-refractivity contribution in [3.05, 3.63) is 47.0 Å². The van der Waals surface area contributed by atoms with Crippen LogP contribution in [0.4, 0.5) is 5.82 Å². The van der Waals surface area contributed by atoms with Gasteiger partial charge in [-0.25, -0.2) is 4.68 Å². The zero-order chi connectivity index (χ0) is 19.8. The Morgan fingerprint density at radius 1 is 0.897 bits per heavy atom. The molecule has 4 heterocycles. The van der Waals surface area contributed by atoms with Crippen LogP contribution >= 0.6 is 0 Å². The fourth-order valence-corrected chi connectivity index (χ4v) is 4.44. The summed E-state index contributed by atoms with van der Waals surface area (Å²) in [6.45, 7) is 6.96. The Bertz CT molecular complexity index is 979. The van der Waals surface area contributed by atoms with Crippen molar-refractivity contribution in [2.75, 3.05) is 31.1 Å². The Morgan fingerprint density at radius 3 is 2.38 bits per heavy atom. The molecule has 0 spiro atoms. The van der Waals surface area contributed by atoms with E-state index in [4.69, 9.17) is 5.10 Å². The Balaban J connectivity index is 1.21. The first-order chi connectivity index (χ1) is 14.2. The molecule has 1 fully saturated rings. The predicted molar refractivity (Wildman–Crippen MR) is 111 cm³/mol. The fourth-order valence-electron chi connectivity index (χ4n) is 4.44. The molecule has 0 atom stereocenters. The van der Waals surface area contributed by atoms with Crippen LogP contribution in [0.5, 0.6) is 0 Å². The minimum atomic E-state index is 0.751. The van der Waals surface area contributed by atoms with Gasteiger partial charge in [-0.1, -0.05) is 0 Å². The molecule has 8 heteroatoms. The molecule has 1 aliphatic carbocycles. The largest absolute Gasteiger partial charge is 0.353 e. The van der Waals surface area contributed by atoms with Crippen molar-refractivity contribution in [3.8, 4) is 5.82 Å². The molecular formula is C21H28N8. The van der Waals surface area contributed by atoms with E-state index in [-0.39, 0.29) is 0 Å². The maximum Gasteiger partial charge on any atom is 0.175 e.